The minimum Gasteiger partial charge on any atom is -0.490 e. The van der Waals surface area contributed by atoms with Gasteiger partial charge in [-0.2, -0.15) is 0 Å². The first-order valence-electron chi connectivity index (χ1n) is 30.8. The molecule has 4 aliphatic carbocycles. The summed E-state index contributed by atoms with van der Waals surface area (Å²) in [7, 11) is -7.85. The summed E-state index contributed by atoms with van der Waals surface area (Å²) >= 11 is 12.8. The van der Waals surface area contributed by atoms with Gasteiger partial charge in [-0.15, -0.1) is 13.2 Å². The maximum atomic E-state index is 13.4. The molecule has 0 unspecified atom stereocenters. The van der Waals surface area contributed by atoms with Crippen molar-refractivity contribution in [3.8, 4) is 11.5 Å². The molecule has 18 heteroatoms. The van der Waals surface area contributed by atoms with E-state index in [-0.39, 0.29) is 80.5 Å². The number of nitrogens with one attached hydrogen (secondary N) is 2. The number of sulfonamides is 2. The van der Waals surface area contributed by atoms with E-state index in [9.17, 15) is 36.0 Å². The molecule has 88 heavy (non-hydrogen) atoms. The van der Waals surface area contributed by atoms with E-state index in [0.717, 1.165) is 75.6 Å². The third kappa shape index (κ3) is 14.4. The molecule has 0 saturated heterocycles. The van der Waals surface area contributed by atoms with Gasteiger partial charge in [-0.3, -0.25) is 19.2 Å². The van der Waals surface area contributed by atoms with Gasteiger partial charge in [-0.25, -0.2) is 26.3 Å². The molecule has 4 aromatic rings. The number of benzene rings is 4. The number of ether oxygens (including phenoxy) is 2. The third-order valence-corrected chi connectivity index (χ3v) is 24.0. The number of amides is 2. The second-order valence-corrected chi connectivity index (χ2v) is 31.4. The van der Waals surface area contributed by atoms with Gasteiger partial charge < -0.3 is 19.3 Å². The molecule has 2 saturated carbocycles. The molecule has 472 valence electrons. The van der Waals surface area contributed by atoms with Crippen molar-refractivity contribution in [2.75, 3.05) is 60.7 Å². The van der Waals surface area contributed by atoms with E-state index in [4.69, 9.17) is 32.7 Å². The van der Waals surface area contributed by atoms with Crippen LogP contribution in [0.3, 0.4) is 0 Å². The minimum absolute atomic E-state index is 0.0620. The van der Waals surface area contributed by atoms with Crippen molar-refractivity contribution in [1.82, 2.24) is 9.44 Å². The number of rotatable bonds is 20. The van der Waals surface area contributed by atoms with Crippen LogP contribution in [0.2, 0.25) is 10.0 Å². The van der Waals surface area contributed by atoms with Gasteiger partial charge in [0.05, 0.1) is 36.1 Å². The molecule has 4 aromatic carbocycles. The Morgan fingerprint density at radius 1 is 0.602 bits per heavy atom. The topological polar surface area (TPSA) is 186 Å². The summed E-state index contributed by atoms with van der Waals surface area (Å²) in [6.45, 7) is 29.6. The van der Waals surface area contributed by atoms with Crippen molar-refractivity contribution >= 4 is 78.0 Å². The van der Waals surface area contributed by atoms with Crippen LogP contribution in [-0.2, 0) is 53.3 Å². The van der Waals surface area contributed by atoms with Crippen molar-refractivity contribution in [2.24, 2.45) is 46.3 Å². The SMILES string of the molecule is C=CC(=O)[C@@H]1CC[C@H]1CN1C[C@@]2(CCCc3cc(Cl)ccc32)COc2ccc(C(=O)NS(=O)(=O)CC(C)(C)[C@@H](C)C=C)cc21.C=CC(=O)[C@@H]1CC[C@H]1CN1C[C@@]2(CCCc3cc(Cl)ccc32)COc2ccc(C(=O)NS(=O)(=O)CC(C)(C)[C@H](C)C=C)cc21. The van der Waals surface area contributed by atoms with E-state index in [2.05, 4.69) is 57.7 Å². The maximum absolute atomic E-state index is 13.4. The Bertz CT molecular complexity index is 3410. The van der Waals surface area contributed by atoms with Gasteiger partial charge in [-0.1, -0.05) is 102 Å². The average Bonchev–Trinajstić information content (AvgIpc) is 1.54. The lowest BCUT2D eigenvalue weighted by molar-refractivity contribution is -0.123. The zero-order valence-corrected chi connectivity index (χ0v) is 55.0. The van der Waals surface area contributed by atoms with Crippen molar-refractivity contribution in [1.29, 1.82) is 0 Å². The number of hydrogen-bond donors (Lipinski definition) is 2. The van der Waals surface area contributed by atoms with Crippen molar-refractivity contribution in [3.63, 3.8) is 0 Å². The lowest BCUT2D eigenvalue weighted by atomic mass is 9.69. The van der Waals surface area contributed by atoms with Crippen LogP contribution in [0, 0.1) is 46.3 Å². The number of anilines is 2. The Labute approximate surface area is 531 Å². The predicted molar refractivity (Wildman–Crippen MR) is 352 cm³/mol. The van der Waals surface area contributed by atoms with Crippen LogP contribution in [0.25, 0.3) is 0 Å². The standard InChI is InChI=1S/2C35H43ClN2O5S/c2*1-6-23(3)34(4,5)22-44(41,42)37-33(40)25-11-15-32-30(18-25)38(19-26-10-13-28(26)31(39)7-2)20-35(21-43-32)16-8-9-24-17-27(36)12-14-29(24)35/h2*6-7,11-12,14-15,17-18,23,26,28H,1-2,8-10,13,16,19-22H2,3-5H3,(H,37,40)/t23-,26+,28-,35+;23-,26-,28+,35-/m10/s1. The fourth-order valence-corrected chi connectivity index (χ4v) is 17.9. The predicted octanol–water partition coefficient (Wildman–Crippen LogP) is 13.0. The van der Waals surface area contributed by atoms with E-state index >= 15 is 0 Å². The minimum atomic E-state index is -3.93. The van der Waals surface area contributed by atoms with E-state index in [0.29, 0.717) is 60.9 Å². The van der Waals surface area contributed by atoms with Crippen LogP contribution in [0.1, 0.15) is 136 Å². The van der Waals surface area contributed by atoms with Crippen LogP contribution in [0.5, 0.6) is 11.5 Å². The van der Waals surface area contributed by atoms with Crippen LogP contribution < -0.4 is 28.7 Å². The highest BCUT2D eigenvalue weighted by Crippen LogP contribution is 2.49. The Morgan fingerprint density at radius 2 is 0.989 bits per heavy atom. The molecule has 10 rings (SSSR count). The Morgan fingerprint density at radius 3 is 1.33 bits per heavy atom. The van der Waals surface area contributed by atoms with Crippen molar-refractivity contribution in [2.45, 2.75) is 117 Å². The lowest BCUT2D eigenvalue weighted by Crippen LogP contribution is -2.49. The number of nitrogens with zero attached hydrogens (tertiary/aromatic N) is 2. The number of ketones is 2. The van der Waals surface area contributed by atoms with Crippen molar-refractivity contribution in [3.05, 3.63) is 167 Å². The van der Waals surface area contributed by atoms with Crippen LogP contribution in [-0.4, -0.2) is 91.1 Å². The fraction of sp³-hybridized carbons (Fsp3) is 0.486. The number of carbonyl (C=O) groups excluding carboxylic acids is 4. The average molecular weight is 1280 g/mol. The number of fused-ring (bicyclic) bond motifs is 6. The summed E-state index contributed by atoms with van der Waals surface area (Å²) in [5, 5.41) is 1.42. The monoisotopic (exact) mass is 1280 g/mol. The fourth-order valence-electron chi connectivity index (χ4n) is 14.1. The van der Waals surface area contributed by atoms with E-state index in [1.807, 2.05) is 65.8 Å². The summed E-state index contributed by atoms with van der Waals surface area (Å²) in [6.07, 6.45) is 15.5. The molecule has 0 radical (unpaired) electrons. The summed E-state index contributed by atoms with van der Waals surface area (Å²) in [6, 6.07) is 22.4. The molecule has 6 aliphatic rings. The van der Waals surface area contributed by atoms with Gasteiger partial charge in [0.1, 0.15) is 11.5 Å². The van der Waals surface area contributed by atoms with Crippen LogP contribution in [0.4, 0.5) is 11.4 Å². The molecule has 2 aliphatic heterocycles. The van der Waals surface area contributed by atoms with Crippen LogP contribution in [0.15, 0.2) is 123 Å². The lowest BCUT2D eigenvalue weighted by Gasteiger charge is -2.44. The quantitative estimate of drug-likeness (QED) is 0.0631. The summed E-state index contributed by atoms with van der Waals surface area (Å²) in [4.78, 5) is 56.5. The second-order valence-electron chi connectivity index (χ2n) is 27.1. The number of aryl methyl sites for hydroxylation is 2. The zero-order chi connectivity index (χ0) is 63.7. The van der Waals surface area contributed by atoms with Gasteiger partial charge >= 0.3 is 0 Å². The number of halogens is 2. The summed E-state index contributed by atoms with van der Waals surface area (Å²) in [5.74, 6) is -0.415. The summed E-state index contributed by atoms with van der Waals surface area (Å²) < 4.78 is 69.9. The Hall–Kier alpha value is -6.20. The maximum Gasteiger partial charge on any atom is 0.264 e. The Kier molecular flexibility index (Phi) is 19.8. The van der Waals surface area contributed by atoms with Gasteiger partial charge in [0.15, 0.2) is 11.6 Å². The van der Waals surface area contributed by atoms with E-state index < -0.39 is 42.7 Å². The molecule has 2 spiro atoms. The first-order chi connectivity index (χ1) is 41.5. The molecule has 2 heterocycles. The molecule has 0 aromatic heterocycles. The first-order valence-corrected chi connectivity index (χ1v) is 34.9. The van der Waals surface area contributed by atoms with E-state index in [1.165, 1.54) is 34.4 Å². The third-order valence-electron chi connectivity index (χ3n) is 20.3. The first kappa shape index (κ1) is 66.2. The molecular formula is C70H86Cl2N4O10S2. The molecule has 0 bridgehead atoms. The van der Waals surface area contributed by atoms with E-state index in [1.54, 1.807) is 48.6 Å². The molecule has 2 N–H and O–H groups in total. The van der Waals surface area contributed by atoms with Crippen LogP contribution >= 0.6 is 23.2 Å². The number of allylic oxidation sites excluding steroid dienone is 4. The molecule has 2 fully saturated rings. The van der Waals surface area contributed by atoms with Gasteiger partial charge in [-0.05, 0) is 194 Å². The molecule has 2 amide bonds. The highest BCUT2D eigenvalue weighted by atomic mass is 35.5. The summed E-state index contributed by atoms with van der Waals surface area (Å²) in [5.41, 5.74) is 4.97. The van der Waals surface area contributed by atoms with Gasteiger partial charge in [0, 0.05) is 70.0 Å². The highest BCUT2D eigenvalue weighted by molar-refractivity contribution is 7.90. The normalized spacial score (nSPS) is 23.7. The molecular weight excluding hydrogens is 1190 g/mol. The number of carbonyl (C=O) groups is 4. The number of hydrogen-bond acceptors (Lipinski definition) is 12. The van der Waals surface area contributed by atoms with Gasteiger partial charge in [0.2, 0.25) is 20.0 Å². The van der Waals surface area contributed by atoms with Crippen molar-refractivity contribution < 1.29 is 45.5 Å². The molecule has 14 nitrogen and oxygen atoms in total. The highest BCUT2D eigenvalue weighted by Gasteiger charge is 2.47. The zero-order valence-electron chi connectivity index (χ0n) is 51.8. The van der Waals surface area contributed by atoms with Gasteiger partial charge in [0.25, 0.3) is 11.8 Å². The second kappa shape index (κ2) is 26.3. The smallest absolute Gasteiger partial charge is 0.264 e. The largest absolute Gasteiger partial charge is 0.490 e. The Balaban J connectivity index is 0.000000209. The molecule has 8 atom stereocenters.